The van der Waals surface area contributed by atoms with E-state index in [1.54, 1.807) is 7.11 Å². The monoisotopic (exact) mass is 387 g/mol. The van der Waals surface area contributed by atoms with Crippen molar-refractivity contribution >= 4 is 0 Å². The van der Waals surface area contributed by atoms with Crippen molar-refractivity contribution in [1.29, 1.82) is 0 Å². The number of ether oxygens (including phenoxy) is 2. The van der Waals surface area contributed by atoms with Gasteiger partial charge in [0.15, 0.2) is 0 Å². The largest absolute Gasteiger partial charge is 0.497 e. The average Bonchev–Trinajstić information content (AvgIpc) is 3.05. The van der Waals surface area contributed by atoms with Crippen LogP contribution in [0.5, 0.6) is 11.5 Å². The first-order valence-electron chi connectivity index (χ1n) is 10.4. The second kappa shape index (κ2) is 9.15. The van der Waals surface area contributed by atoms with Gasteiger partial charge in [0.05, 0.1) is 13.7 Å². The van der Waals surface area contributed by atoms with Gasteiger partial charge in [-0.2, -0.15) is 0 Å². The number of methoxy groups -OCH3 is 1. The first-order valence-corrected chi connectivity index (χ1v) is 10.4. The number of para-hydroxylation sites is 1. The van der Waals surface area contributed by atoms with E-state index in [1.807, 2.05) is 30.3 Å². The highest BCUT2D eigenvalue weighted by Gasteiger charge is 2.38. The Labute approximate surface area is 173 Å². The lowest BCUT2D eigenvalue weighted by molar-refractivity contribution is 0.298. The van der Waals surface area contributed by atoms with Crippen LogP contribution >= 0.6 is 0 Å². The summed E-state index contributed by atoms with van der Waals surface area (Å²) in [5.74, 6) is 2.72. The van der Waals surface area contributed by atoms with Crippen LogP contribution in [-0.2, 0) is 0 Å². The molecule has 1 aliphatic carbocycles. The van der Waals surface area contributed by atoms with Crippen LogP contribution in [0.4, 0.5) is 0 Å². The normalized spacial score (nSPS) is 20.3. The summed E-state index contributed by atoms with van der Waals surface area (Å²) in [4.78, 5) is 0. The predicted octanol–water partition coefficient (Wildman–Crippen LogP) is 5.58. The fraction of sp³-hybridized carbons (Fsp3) is 0.308. The molecule has 1 N–H and O–H groups in total. The van der Waals surface area contributed by atoms with E-state index in [-0.39, 0.29) is 0 Å². The topological polar surface area (TPSA) is 30.5 Å². The lowest BCUT2D eigenvalue weighted by Crippen LogP contribution is -2.27. The molecule has 0 unspecified atom stereocenters. The molecule has 29 heavy (non-hydrogen) atoms. The van der Waals surface area contributed by atoms with Gasteiger partial charge in [-0.25, -0.2) is 0 Å². The Morgan fingerprint density at radius 3 is 2.28 bits per heavy atom. The molecular formula is C26H29NO2. The summed E-state index contributed by atoms with van der Waals surface area (Å²) < 4.78 is 11.3. The molecule has 3 heteroatoms. The minimum absolute atomic E-state index is 0.307. The number of fused-ring (bicyclic) bond motifs is 1. The van der Waals surface area contributed by atoms with Crippen LogP contribution in [-0.4, -0.2) is 20.3 Å². The molecule has 1 aliphatic rings. The van der Waals surface area contributed by atoms with Gasteiger partial charge in [-0.3, -0.25) is 0 Å². The Morgan fingerprint density at radius 1 is 0.828 bits per heavy atom. The van der Waals surface area contributed by atoms with Crippen LogP contribution in [0, 0.1) is 5.92 Å². The fourth-order valence-corrected chi connectivity index (χ4v) is 4.47. The van der Waals surface area contributed by atoms with Crippen LogP contribution in [0.15, 0.2) is 78.9 Å². The number of rotatable bonds is 8. The van der Waals surface area contributed by atoms with Crippen LogP contribution in [0.3, 0.4) is 0 Å². The zero-order valence-corrected chi connectivity index (χ0v) is 17.2. The van der Waals surface area contributed by atoms with E-state index in [2.05, 4.69) is 60.8 Å². The van der Waals surface area contributed by atoms with Gasteiger partial charge in [0.2, 0.25) is 0 Å². The SMILES string of the molecule is COc1ccc2c(c1)[C@@H](NCCCOc1ccccc1)[C@H](C)[C@H]2c1ccccc1. The molecule has 0 saturated carbocycles. The molecular weight excluding hydrogens is 358 g/mol. The second-order valence-electron chi connectivity index (χ2n) is 7.69. The summed E-state index contributed by atoms with van der Waals surface area (Å²) in [6, 6.07) is 27.7. The van der Waals surface area contributed by atoms with Crippen molar-refractivity contribution in [2.45, 2.75) is 25.3 Å². The maximum atomic E-state index is 5.83. The highest BCUT2D eigenvalue weighted by atomic mass is 16.5. The lowest BCUT2D eigenvalue weighted by Gasteiger charge is -2.23. The van der Waals surface area contributed by atoms with Gasteiger partial charge in [-0.05, 0) is 59.8 Å². The number of hydrogen-bond acceptors (Lipinski definition) is 3. The fourth-order valence-electron chi connectivity index (χ4n) is 4.47. The molecule has 3 aromatic rings. The van der Waals surface area contributed by atoms with Crippen molar-refractivity contribution in [1.82, 2.24) is 5.32 Å². The smallest absolute Gasteiger partial charge is 0.119 e. The third-order valence-corrected chi connectivity index (χ3v) is 5.87. The molecule has 4 rings (SSSR count). The zero-order chi connectivity index (χ0) is 20.1. The summed E-state index contributed by atoms with van der Waals surface area (Å²) in [7, 11) is 1.73. The summed E-state index contributed by atoms with van der Waals surface area (Å²) in [5, 5.41) is 3.79. The van der Waals surface area contributed by atoms with E-state index in [9.17, 15) is 0 Å². The third-order valence-electron chi connectivity index (χ3n) is 5.87. The van der Waals surface area contributed by atoms with E-state index in [1.165, 1.54) is 16.7 Å². The van der Waals surface area contributed by atoms with E-state index < -0.39 is 0 Å². The summed E-state index contributed by atoms with van der Waals surface area (Å²) >= 11 is 0. The molecule has 0 radical (unpaired) electrons. The van der Waals surface area contributed by atoms with Crippen molar-refractivity contribution < 1.29 is 9.47 Å². The summed E-state index contributed by atoms with van der Waals surface area (Å²) in [6.07, 6.45) is 0.966. The average molecular weight is 388 g/mol. The van der Waals surface area contributed by atoms with Gasteiger partial charge in [0.1, 0.15) is 11.5 Å². The Balaban J connectivity index is 1.45. The van der Waals surface area contributed by atoms with E-state index in [0.29, 0.717) is 24.5 Å². The van der Waals surface area contributed by atoms with Gasteiger partial charge in [-0.1, -0.05) is 61.5 Å². The molecule has 3 aromatic carbocycles. The molecule has 3 nitrogen and oxygen atoms in total. The predicted molar refractivity (Wildman–Crippen MR) is 118 cm³/mol. The molecule has 0 heterocycles. The maximum Gasteiger partial charge on any atom is 0.119 e. The van der Waals surface area contributed by atoms with E-state index in [0.717, 1.165) is 24.5 Å². The highest BCUT2D eigenvalue weighted by molar-refractivity contribution is 5.49. The van der Waals surface area contributed by atoms with Crippen molar-refractivity contribution in [2.24, 2.45) is 5.92 Å². The number of nitrogens with one attached hydrogen (secondary N) is 1. The van der Waals surface area contributed by atoms with Crippen molar-refractivity contribution in [3.05, 3.63) is 95.6 Å². The molecule has 0 bridgehead atoms. The third kappa shape index (κ3) is 4.30. The highest BCUT2D eigenvalue weighted by Crippen LogP contribution is 2.49. The quantitative estimate of drug-likeness (QED) is 0.512. The molecule has 3 atom stereocenters. The first kappa shape index (κ1) is 19.5. The van der Waals surface area contributed by atoms with Crippen LogP contribution in [0.1, 0.15) is 42.0 Å². The molecule has 150 valence electrons. The van der Waals surface area contributed by atoms with E-state index >= 15 is 0 Å². The number of benzene rings is 3. The summed E-state index contributed by atoms with van der Waals surface area (Å²) in [6.45, 7) is 3.98. The zero-order valence-electron chi connectivity index (χ0n) is 17.2. The molecule has 0 aromatic heterocycles. The van der Waals surface area contributed by atoms with Gasteiger partial charge in [0.25, 0.3) is 0 Å². The van der Waals surface area contributed by atoms with Gasteiger partial charge in [-0.15, -0.1) is 0 Å². The Morgan fingerprint density at radius 2 is 1.55 bits per heavy atom. The summed E-state index contributed by atoms with van der Waals surface area (Å²) in [5.41, 5.74) is 4.14. The van der Waals surface area contributed by atoms with Crippen molar-refractivity contribution in [3.63, 3.8) is 0 Å². The molecule has 0 aliphatic heterocycles. The first-order chi connectivity index (χ1) is 14.3. The van der Waals surface area contributed by atoms with E-state index in [4.69, 9.17) is 9.47 Å². The Bertz CT molecular complexity index is 911. The van der Waals surface area contributed by atoms with Crippen LogP contribution in [0.25, 0.3) is 0 Å². The number of hydrogen-bond donors (Lipinski definition) is 1. The standard InChI is InChI=1S/C26H29NO2/c1-19-25(20-10-5-3-6-11-20)23-15-14-22(28-2)18-24(23)26(19)27-16-9-17-29-21-12-7-4-8-13-21/h3-8,10-15,18-19,25-27H,9,16-17H2,1-2H3/t19-,25+,26+/m1/s1. The molecule has 0 saturated heterocycles. The maximum absolute atomic E-state index is 5.83. The minimum atomic E-state index is 0.307. The Hall–Kier alpha value is -2.78. The molecule has 0 spiro atoms. The van der Waals surface area contributed by atoms with Crippen LogP contribution < -0.4 is 14.8 Å². The van der Waals surface area contributed by atoms with Gasteiger partial charge < -0.3 is 14.8 Å². The van der Waals surface area contributed by atoms with Crippen LogP contribution in [0.2, 0.25) is 0 Å². The van der Waals surface area contributed by atoms with Crippen molar-refractivity contribution in [2.75, 3.05) is 20.3 Å². The molecule has 0 amide bonds. The Kier molecular flexibility index (Phi) is 6.16. The lowest BCUT2D eigenvalue weighted by atomic mass is 9.86. The second-order valence-corrected chi connectivity index (χ2v) is 7.69. The minimum Gasteiger partial charge on any atom is -0.497 e. The molecule has 0 fully saturated rings. The van der Waals surface area contributed by atoms with Gasteiger partial charge in [0, 0.05) is 12.0 Å². The van der Waals surface area contributed by atoms with Gasteiger partial charge >= 0.3 is 0 Å². The van der Waals surface area contributed by atoms with Crippen molar-refractivity contribution in [3.8, 4) is 11.5 Å².